The lowest BCUT2D eigenvalue weighted by molar-refractivity contribution is -0.123. The van der Waals surface area contributed by atoms with Crippen LogP contribution in [0.5, 0.6) is 0 Å². The zero-order valence-corrected chi connectivity index (χ0v) is 11.9. The molecule has 0 bridgehead atoms. The van der Waals surface area contributed by atoms with Gasteiger partial charge in [-0.1, -0.05) is 0 Å². The first-order valence-corrected chi connectivity index (χ1v) is 7.22. The molecule has 0 radical (unpaired) electrons. The van der Waals surface area contributed by atoms with Crippen molar-refractivity contribution in [2.24, 2.45) is 16.5 Å². The third-order valence-electron chi connectivity index (χ3n) is 2.11. The van der Waals surface area contributed by atoms with Gasteiger partial charge >= 0.3 is 0 Å². The summed E-state index contributed by atoms with van der Waals surface area (Å²) in [4.78, 5) is 23.4. The van der Waals surface area contributed by atoms with E-state index in [1.165, 1.54) is 22.7 Å². The van der Waals surface area contributed by atoms with Crippen LogP contribution in [0.2, 0.25) is 0 Å². The van der Waals surface area contributed by atoms with Crippen LogP contribution >= 0.6 is 22.7 Å². The van der Waals surface area contributed by atoms with Gasteiger partial charge in [-0.05, 0) is 0 Å². The minimum atomic E-state index is -0.536. The minimum Gasteiger partial charge on any atom is -0.387 e. The van der Waals surface area contributed by atoms with Gasteiger partial charge in [0, 0.05) is 10.8 Å². The molecule has 0 atom stereocenters. The molecule has 0 unspecified atom stereocenters. The lowest BCUT2D eigenvalue weighted by Gasteiger charge is -1.98. The SMILES string of the molecule is NC(N)=Nc1nc(-c2csc(CNC(=O)CO)n2)cs1. The van der Waals surface area contributed by atoms with Crippen LogP contribution in [0.1, 0.15) is 5.01 Å². The number of amides is 1. The van der Waals surface area contributed by atoms with Crippen LogP contribution in [-0.2, 0) is 11.3 Å². The van der Waals surface area contributed by atoms with E-state index in [1.54, 1.807) is 5.38 Å². The van der Waals surface area contributed by atoms with E-state index in [9.17, 15) is 4.79 Å². The molecule has 0 spiro atoms. The van der Waals surface area contributed by atoms with Crippen LogP contribution in [0.4, 0.5) is 5.13 Å². The summed E-state index contributed by atoms with van der Waals surface area (Å²) in [5, 5.41) is 15.9. The summed E-state index contributed by atoms with van der Waals surface area (Å²) in [7, 11) is 0. The molecule has 8 nitrogen and oxygen atoms in total. The van der Waals surface area contributed by atoms with Gasteiger partial charge in [0.25, 0.3) is 0 Å². The van der Waals surface area contributed by atoms with Crippen LogP contribution in [0.3, 0.4) is 0 Å². The molecule has 0 aliphatic carbocycles. The van der Waals surface area contributed by atoms with Gasteiger partial charge in [-0.15, -0.1) is 22.7 Å². The van der Waals surface area contributed by atoms with Crippen molar-refractivity contribution in [1.29, 1.82) is 0 Å². The Morgan fingerprint density at radius 2 is 2.00 bits per heavy atom. The Balaban J connectivity index is 2.06. The number of thiazole rings is 2. The molecule has 106 valence electrons. The number of hydrogen-bond donors (Lipinski definition) is 4. The van der Waals surface area contributed by atoms with Gasteiger partial charge in [0.15, 0.2) is 5.96 Å². The number of aliphatic hydroxyl groups excluding tert-OH is 1. The fraction of sp³-hybridized carbons (Fsp3) is 0.200. The number of carbonyl (C=O) groups is 1. The molecule has 20 heavy (non-hydrogen) atoms. The van der Waals surface area contributed by atoms with Crippen LogP contribution in [0.15, 0.2) is 15.8 Å². The van der Waals surface area contributed by atoms with Gasteiger partial charge in [-0.2, -0.15) is 4.99 Å². The molecule has 2 aromatic rings. The Kier molecular flexibility index (Phi) is 4.61. The normalized spacial score (nSPS) is 10.2. The number of guanidine groups is 1. The number of aromatic nitrogens is 2. The number of rotatable bonds is 5. The largest absolute Gasteiger partial charge is 0.387 e. The van der Waals surface area contributed by atoms with E-state index in [1.807, 2.05) is 5.38 Å². The second kappa shape index (κ2) is 6.41. The van der Waals surface area contributed by atoms with Crippen LogP contribution < -0.4 is 16.8 Å². The van der Waals surface area contributed by atoms with E-state index in [0.717, 1.165) is 5.01 Å². The van der Waals surface area contributed by atoms with Crippen LogP contribution in [0.25, 0.3) is 11.4 Å². The maximum Gasteiger partial charge on any atom is 0.246 e. The van der Waals surface area contributed by atoms with Gasteiger partial charge in [-0.25, -0.2) is 9.97 Å². The van der Waals surface area contributed by atoms with Crippen molar-refractivity contribution in [2.45, 2.75) is 6.54 Å². The maximum atomic E-state index is 10.9. The highest BCUT2D eigenvalue weighted by Gasteiger charge is 2.09. The first-order valence-electron chi connectivity index (χ1n) is 5.46. The van der Waals surface area contributed by atoms with Gasteiger partial charge in [0.1, 0.15) is 23.0 Å². The summed E-state index contributed by atoms with van der Waals surface area (Å²) >= 11 is 2.70. The second-order valence-corrected chi connectivity index (χ2v) is 5.39. The molecule has 0 aliphatic rings. The molecule has 0 saturated carbocycles. The summed E-state index contributed by atoms with van der Waals surface area (Å²) < 4.78 is 0. The first-order chi connectivity index (χ1) is 9.58. The van der Waals surface area contributed by atoms with Crippen molar-refractivity contribution in [2.75, 3.05) is 6.61 Å². The Bertz CT molecular complexity index is 631. The molecule has 6 N–H and O–H groups in total. The molecular formula is C10H12N6O2S2. The summed E-state index contributed by atoms with van der Waals surface area (Å²) in [6, 6.07) is 0. The van der Waals surface area contributed by atoms with Crippen molar-refractivity contribution in [3.05, 3.63) is 15.8 Å². The van der Waals surface area contributed by atoms with Crippen molar-refractivity contribution in [3.8, 4) is 11.4 Å². The quantitative estimate of drug-likeness (QED) is 0.444. The molecule has 0 aliphatic heterocycles. The monoisotopic (exact) mass is 312 g/mol. The number of nitrogens with one attached hydrogen (secondary N) is 1. The number of nitrogens with zero attached hydrogens (tertiary/aromatic N) is 3. The van der Waals surface area contributed by atoms with E-state index >= 15 is 0 Å². The zero-order chi connectivity index (χ0) is 14.5. The first kappa shape index (κ1) is 14.4. The average Bonchev–Trinajstić information content (AvgIpc) is 3.03. The Hall–Kier alpha value is -2.04. The van der Waals surface area contributed by atoms with Gasteiger partial charge in [0.2, 0.25) is 11.0 Å². The van der Waals surface area contributed by atoms with E-state index in [4.69, 9.17) is 16.6 Å². The molecule has 2 heterocycles. The van der Waals surface area contributed by atoms with E-state index in [-0.39, 0.29) is 12.5 Å². The highest BCUT2D eigenvalue weighted by molar-refractivity contribution is 7.13. The van der Waals surface area contributed by atoms with Gasteiger partial charge in [-0.3, -0.25) is 4.79 Å². The Morgan fingerprint density at radius 1 is 1.30 bits per heavy atom. The highest BCUT2D eigenvalue weighted by Crippen LogP contribution is 2.27. The van der Waals surface area contributed by atoms with Crippen LogP contribution in [0, 0.1) is 0 Å². The molecule has 10 heteroatoms. The van der Waals surface area contributed by atoms with Gasteiger partial charge in [0.05, 0.1) is 6.54 Å². The van der Waals surface area contributed by atoms with E-state index in [0.29, 0.717) is 16.5 Å². The average molecular weight is 312 g/mol. The summed E-state index contributed by atoms with van der Waals surface area (Å²) in [5.41, 5.74) is 11.9. The third kappa shape index (κ3) is 3.73. The third-order valence-corrected chi connectivity index (χ3v) is 3.69. The molecule has 1 amide bonds. The van der Waals surface area contributed by atoms with E-state index < -0.39 is 12.5 Å². The minimum absolute atomic E-state index is 0.0448. The smallest absolute Gasteiger partial charge is 0.246 e. The lowest BCUT2D eigenvalue weighted by atomic mass is 10.4. The number of nitrogens with two attached hydrogens (primary N) is 2. The van der Waals surface area contributed by atoms with Crippen molar-refractivity contribution >= 4 is 39.7 Å². The predicted octanol–water partition coefficient (Wildman–Crippen LogP) is -0.220. The summed E-state index contributed by atoms with van der Waals surface area (Å²) in [6.07, 6.45) is 0. The number of aliphatic hydroxyl groups is 1. The van der Waals surface area contributed by atoms with E-state index in [2.05, 4.69) is 20.3 Å². The standard InChI is InChI=1S/C10H12N6O2S2/c11-9(12)16-10-15-6(4-20-10)5-3-19-8(14-5)1-13-7(18)2-17/h3-4,17H,1-2H2,(H,13,18)(H4,11,12,15,16). The number of hydrogen-bond acceptors (Lipinski definition) is 7. The fourth-order valence-corrected chi connectivity index (χ4v) is 2.71. The topological polar surface area (TPSA) is 140 Å². The molecule has 0 fully saturated rings. The highest BCUT2D eigenvalue weighted by atomic mass is 32.1. The zero-order valence-electron chi connectivity index (χ0n) is 10.2. The summed E-state index contributed by atoms with van der Waals surface area (Å²) in [5.74, 6) is -0.484. The molecule has 2 aromatic heterocycles. The molecule has 0 aromatic carbocycles. The Morgan fingerprint density at radius 3 is 2.70 bits per heavy atom. The van der Waals surface area contributed by atoms with Crippen molar-refractivity contribution < 1.29 is 9.90 Å². The van der Waals surface area contributed by atoms with Gasteiger partial charge < -0.3 is 21.9 Å². The van der Waals surface area contributed by atoms with Crippen LogP contribution in [-0.4, -0.2) is 33.5 Å². The number of aliphatic imine (C=N–C) groups is 1. The van der Waals surface area contributed by atoms with Crippen molar-refractivity contribution in [3.63, 3.8) is 0 Å². The lowest BCUT2D eigenvalue weighted by Crippen LogP contribution is -2.25. The van der Waals surface area contributed by atoms with Crippen molar-refractivity contribution in [1.82, 2.24) is 15.3 Å². The fourth-order valence-electron chi connectivity index (χ4n) is 1.28. The molecular weight excluding hydrogens is 300 g/mol. The predicted molar refractivity (Wildman–Crippen MR) is 77.6 cm³/mol. The molecule has 2 rings (SSSR count). The molecule has 0 saturated heterocycles. The Labute approximate surface area is 122 Å². The second-order valence-electron chi connectivity index (χ2n) is 3.61. The number of carbonyl (C=O) groups excluding carboxylic acids is 1. The summed E-state index contributed by atoms with van der Waals surface area (Å²) in [6.45, 7) is -0.263. The maximum absolute atomic E-state index is 10.9.